The summed E-state index contributed by atoms with van der Waals surface area (Å²) in [6.45, 7) is -0.0925. The van der Waals surface area contributed by atoms with E-state index in [1.807, 2.05) is 6.26 Å². The van der Waals surface area contributed by atoms with E-state index in [9.17, 15) is 18.0 Å². The van der Waals surface area contributed by atoms with Crippen molar-refractivity contribution in [3.63, 3.8) is 0 Å². The van der Waals surface area contributed by atoms with E-state index < -0.39 is 24.9 Å². The fourth-order valence-corrected chi connectivity index (χ4v) is 1.76. The number of thioether (sulfide) groups is 1. The Balaban J connectivity index is 3.90. The van der Waals surface area contributed by atoms with Crippen LogP contribution in [0.25, 0.3) is 0 Å². The van der Waals surface area contributed by atoms with Gasteiger partial charge in [0.2, 0.25) is 5.91 Å². The van der Waals surface area contributed by atoms with Gasteiger partial charge in [0.15, 0.2) is 0 Å². The lowest BCUT2D eigenvalue weighted by atomic mass is 10.2. The second kappa shape index (κ2) is 7.78. The summed E-state index contributed by atoms with van der Waals surface area (Å²) >= 11 is 1.47. The van der Waals surface area contributed by atoms with Crippen LogP contribution < -0.4 is 5.32 Å². The van der Waals surface area contributed by atoms with E-state index in [4.69, 9.17) is 5.11 Å². The van der Waals surface area contributed by atoms with E-state index in [1.165, 1.54) is 11.8 Å². The second-order valence-corrected chi connectivity index (χ2v) is 4.26. The maximum Gasteiger partial charge on any atom is 0.389 e. The molecule has 0 aliphatic rings. The SMILES string of the molecule is CSCC(CCO)NC(=O)CCC(F)(F)F. The van der Waals surface area contributed by atoms with E-state index in [-0.39, 0.29) is 12.6 Å². The predicted molar refractivity (Wildman–Crippen MR) is 57.3 cm³/mol. The fourth-order valence-electron chi connectivity index (χ4n) is 1.11. The van der Waals surface area contributed by atoms with Gasteiger partial charge in [-0.25, -0.2) is 0 Å². The molecule has 7 heteroatoms. The molecule has 0 saturated heterocycles. The van der Waals surface area contributed by atoms with Gasteiger partial charge in [-0.05, 0) is 12.7 Å². The number of nitrogens with one attached hydrogen (secondary N) is 1. The van der Waals surface area contributed by atoms with Crippen LogP contribution in [0.3, 0.4) is 0 Å². The molecule has 0 aliphatic carbocycles. The van der Waals surface area contributed by atoms with Crippen LogP contribution in [-0.4, -0.2) is 41.8 Å². The maximum atomic E-state index is 11.8. The van der Waals surface area contributed by atoms with Crippen LogP contribution in [0.15, 0.2) is 0 Å². The van der Waals surface area contributed by atoms with Crippen molar-refractivity contribution in [1.29, 1.82) is 0 Å². The Kier molecular flexibility index (Phi) is 7.57. The molecule has 1 unspecified atom stereocenters. The number of hydrogen-bond acceptors (Lipinski definition) is 3. The number of rotatable bonds is 7. The molecule has 0 bridgehead atoms. The number of halogens is 3. The average molecular weight is 259 g/mol. The van der Waals surface area contributed by atoms with E-state index >= 15 is 0 Å². The minimum absolute atomic E-state index is 0.0925. The van der Waals surface area contributed by atoms with Crippen LogP contribution in [0.4, 0.5) is 13.2 Å². The highest BCUT2D eigenvalue weighted by molar-refractivity contribution is 7.98. The van der Waals surface area contributed by atoms with Gasteiger partial charge in [0.05, 0.1) is 6.42 Å². The van der Waals surface area contributed by atoms with Crippen molar-refractivity contribution in [2.75, 3.05) is 18.6 Å². The third-order valence-electron chi connectivity index (χ3n) is 1.85. The number of aliphatic hydroxyl groups excluding tert-OH is 1. The first-order valence-corrected chi connectivity index (χ1v) is 6.24. The number of amides is 1. The monoisotopic (exact) mass is 259 g/mol. The zero-order valence-corrected chi connectivity index (χ0v) is 9.83. The van der Waals surface area contributed by atoms with Crippen LogP contribution in [0, 0.1) is 0 Å². The van der Waals surface area contributed by atoms with Crippen molar-refractivity contribution in [3.05, 3.63) is 0 Å². The maximum absolute atomic E-state index is 11.8. The van der Waals surface area contributed by atoms with Crippen LogP contribution in [-0.2, 0) is 4.79 Å². The predicted octanol–water partition coefficient (Wildman–Crippen LogP) is 1.56. The average Bonchev–Trinajstić information content (AvgIpc) is 2.14. The topological polar surface area (TPSA) is 49.3 Å². The Morgan fingerprint density at radius 1 is 1.50 bits per heavy atom. The molecule has 0 saturated carbocycles. The zero-order valence-electron chi connectivity index (χ0n) is 9.01. The molecule has 0 aromatic rings. The molecule has 0 rings (SSSR count). The van der Waals surface area contributed by atoms with Crippen LogP contribution >= 0.6 is 11.8 Å². The molecule has 0 spiro atoms. The number of carbonyl (C=O) groups is 1. The molecular weight excluding hydrogens is 243 g/mol. The molecule has 1 atom stereocenters. The molecule has 1 amide bonds. The van der Waals surface area contributed by atoms with Crippen LogP contribution in [0.1, 0.15) is 19.3 Å². The third kappa shape index (κ3) is 8.84. The number of hydrogen-bond donors (Lipinski definition) is 2. The summed E-state index contributed by atoms with van der Waals surface area (Å²) in [6, 6.07) is -0.263. The Bertz CT molecular complexity index is 205. The van der Waals surface area contributed by atoms with Gasteiger partial charge in [-0.3, -0.25) is 4.79 Å². The van der Waals surface area contributed by atoms with Gasteiger partial charge in [0.1, 0.15) is 0 Å². The summed E-state index contributed by atoms with van der Waals surface area (Å²) in [5.41, 5.74) is 0. The smallest absolute Gasteiger partial charge is 0.389 e. The van der Waals surface area contributed by atoms with Crippen molar-refractivity contribution in [2.45, 2.75) is 31.5 Å². The minimum atomic E-state index is -4.30. The molecule has 16 heavy (non-hydrogen) atoms. The molecule has 0 fully saturated rings. The fraction of sp³-hybridized carbons (Fsp3) is 0.889. The molecule has 2 N–H and O–H groups in total. The number of alkyl halides is 3. The van der Waals surface area contributed by atoms with Gasteiger partial charge in [0.25, 0.3) is 0 Å². The van der Waals surface area contributed by atoms with Gasteiger partial charge >= 0.3 is 6.18 Å². The lowest BCUT2D eigenvalue weighted by Crippen LogP contribution is -2.37. The lowest BCUT2D eigenvalue weighted by Gasteiger charge is -2.16. The summed E-state index contributed by atoms with van der Waals surface area (Å²) < 4.78 is 35.5. The number of aliphatic hydroxyl groups is 1. The molecule has 0 aromatic heterocycles. The standard InChI is InChI=1S/C9H16F3NO2S/c1-16-6-7(3-5-14)13-8(15)2-4-9(10,11)12/h7,14H,2-6H2,1H3,(H,13,15). The van der Waals surface area contributed by atoms with E-state index in [0.717, 1.165) is 0 Å². The Hall–Kier alpha value is -0.430. The Morgan fingerprint density at radius 3 is 2.56 bits per heavy atom. The molecule has 96 valence electrons. The first-order valence-electron chi connectivity index (χ1n) is 4.85. The molecular formula is C9H16F3NO2S. The summed E-state index contributed by atoms with van der Waals surface area (Å²) in [6.07, 6.45) is -3.78. The molecule has 0 aromatic carbocycles. The van der Waals surface area contributed by atoms with Crippen molar-refractivity contribution < 1.29 is 23.1 Å². The Morgan fingerprint density at radius 2 is 2.12 bits per heavy atom. The summed E-state index contributed by atoms with van der Waals surface area (Å²) in [7, 11) is 0. The van der Waals surface area contributed by atoms with E-state index in [2.05, 4.69) is 5.32 Å². The zero-order chi connectivity index (χ0) is 12.6. The largest absolute Gasteiger partial charge is 0.396 e. The van der Waals surface area contributed by atoms with Gasteiger partial charge in [-0.2, -0.15) is 24.9 Å². The summed E-state index contributed by atoms with van der Waals surface area (Å²) in [4.78, 5) is 11.1. The molecule has 3 nitrogen and oxygen atoms in total. The van der Waals surface area contributed by atoms with Crippen molar-refractivity contribution in [3.8, 4) is 0 Å². The van der Waals surface area contributed by atoms with Crippen LogP contribution in [0.2, 0.25) is 0 Å². The highest BCUT2D eigenvalue weighted by Gasteiger charge is 2.28. The lowest BCUT2D eigenvalue weighted by molar-refractivity contribution is -0.144. The van der Waals surface area contributed by atoms with Gasteiger partial charge in [-0.15, -0.1) is 0 Å². The minimum Gasteiger partial charge on any atom is -0.396 e. The normalized spacial score (nSPS) is 13.6. The summed E-state index contributed by atoms with van der Waals surface area (Å²) in [5, 5.41) is 11.2. The highest BCUT2D eigenvalue weighted by atomic mass is 32.2. The van der Waals surface area contributed by atoms with Crippen molar-refractivity contribution in [1.82, 2.24) is 5.32 Å². The van der Waals surface area contributed by atoms with Crippen LogP contribution in [0.5, 0.6) is 0 Å². The first-order chi connectivity index (χ1) is 7.39. The number of carbonyl (C=O) groups excluding carboxylic acids is 1. The van der Waals surface area contributed by atoms with Crippen molar-refractivity contribution >= 4 is 17.7 Å². The summed E-state index contributed by atoms with van der Waals surface area (Å²) in [5.74, 6) is -0.0389. The third-order valence-corrected chi connectivity index (χ3v) is 2.58. The highest BCUT2D eigenvalue weighted by Crippen LogP contribution is 2.21. The van der Waals surface area contributed by atoms with Crippen molar-refractivity contribution in [2.24, 2.45) is 0 Å². The molecule has 0 aliphatic heterocycles. The van der Waals surface area contributed by atoms with E-state index in [0.29, 0.717) is 12.2 Å². The molecule has 0 radical (unpaired) electrons. The van der Waals surface area contributed by atoms with Gasteiger partial charge in [-0.1, -0.05) is 0 Å². The Labute approximate surface area is 96.8 Å². The second-order valence-electron chi connectivity index (χ2n) is 3.35. The first kappa shape index (κ1) is 15.6. The quantitative estimate of drug-likeness (QED) is 0.729. The van der Waals surface area contributed by atoms with Gasteiger partial charge in [0, 0.05) is 24.8 Å². The van der Waals surface area contributed by atoms with Gasteiger partial charge < -0.3 is 10.4 Å². The van der Waals surface area contributed by atoms with E-state index in [1.54, 1.807) is 0 Å². The molecule has 0 heterocycles.